The number of rotatable bonds is 6. The van der Waals surface area contributed by atoms with Crippen LogP contribution < -0.4 is 9.47 Å². The molecule has 27 heavy (non-hydrogen) atoms. The van der Waals surface area contributed by atoms with Crippen molar-refractivity contribution in [1.82, 2.24) is 0 Å². The third kappa shape index (κ3) is 5.40. The van der Waals surface area contributed by atoms with E-state index in [2.05, 4.69) is 9.47 Å². The van der Waals surface area contributed by atoms with E-state index in [-0.39, 0.29) is 22.6 Å². The first kappa shape index (κ1) is 20.2. The van der Waals surface area contributed by atoms with Gasteiger partial charge in [-0.05, 0) is 30.7 Å². The van der Waals surface area contributed by atoms with Gasteiger partial charge in [-0.25, -0.2) is 0 Å². The van der Waals surface area contributed by atoms with Crippen LogP contribution in [0.1, 0.15) is 18.1 Å². The summed E-state index contributed by atoms with van der Waals surface area (Å²) in [6, 6.07) is 7.45. The predicted octanol–water partition coefficient (Wildman–Crippen LogP) is 7.07. The average Bonchev–Trinajstić information content (AvgIpc) is 2.63. The summed E-state index contributed by atoms with van der Waals surface area (Å²) in [6.07, 6.45) is -3.80. The highest BCUT2D eigenvalue weighted by molar-refractivity contribution is 5.84. The van der Waals surface area contributed by atoms with Crippen molar-refractivity contribution >= 4 is 11.6 Å². The summed E-state index contributed by atoms with van der Waals surface area (Å²) in [5.74, 6) is -0.378. The van der Waals surface area contributed by atoms with Gasteiger partial charge in [0.25, 0.3) is 0 Å². The average molecular weight is 386 g/mol. The molecule has 0 saturated heterocycles. The van der Waals surface area contributed by atoms with E-state index in [4.69, 9.17) is 0 Å². The van der Waals surface area contributed by atoms with Gasteiger partial charge < -0.3 is 9.47 Å². The lowest BCUT2D eigenvalue weighted by molar-refractivity contribution is 0.240. The monoisotopic (exact) mass is 386 g/mol. The van der Waals surface area contributed by atoms with Crippen molar-refractivity contribution in [3.8, 4) is 11.5 Å². The molecule has 0 aromatic heterocycles. The second-order valence-electron chi connectivity index (χ2n) is 5.13. The molecule has 0 aliphatic heterocycles. The summed E-state index contributed by atoms with van der Waals surface area (Å²) in [4.78, 5) is 0. The van der Waals surface area contributed by atoms with Gasteiger partial charge in [-0.2, -0.15) is 26.3 Å². The van der Waals surface area contributed by atoms with E-state index in [1.165, 1.54) is 42.5 Å². The summed E-state index contributed by atoms with van der Waals surface area (Å²) in [7, 11) is 0. The molecule has 8 heteroatoms. The van der Waals surface area contributed by atoms with E-state index >= 15 is 0 Å². The number of allylic oxidation sites excluding steroid dienone is 1. The van der Waals surface area contributed by atoms with Crippen molar-refractivity contribution in [3.63, 3.8) is 0 Å². The highest BCUT2D eigenvalue weighted by Crippen LogP contribution is 2.32. The lowest BCUT2D eigenvalue weighted by atomic mass is 10.0. The molecule has 0 bridgehead atoms. The summed E-state index contributed by atoms with van der Waals surface area (Å²) >= 11 is 0. The number of halogens is 6. The molecule has 0 aliphatic rings. The van der Waals surface area contributed by atoms with Crippen LogP contribution in [0.25, 0.3) is 11.6 Å². The SMILES string of the molecule is C/C(=C\c1ccccc1OC(F)=C(F)F)c1ccccc1OC(F)=C(F)F. The van der Waals surface area contributed by atoms with Crippen LogP contribution in [0.15, 0.2) is 72.7 Å². The lowest BCUT2D eigenvalue weighted by Crippen LogP contribution is -1.95. The molecule has 0 amide bonds. The number of hydrogen-bond acceptors (Lipinski definition) is 2. The minimum atomic E-state index is -2.61. The lowest BCUT2D eigenvalue weighted by Gasteiger charge is -2.11. The molecule has 0 atom stereocenters. The van der Waals surface area contributed by atoms with Crippen LogP contribution in [0.3, 0.4) is 0 Å². The maximum atomic E-state index is 13.1. The van der Waals surface area contributed by atoms with Crippen molar-refractivity contribution in [2.24, 2.45) is 0 Å². The molecular formula is C19H12F6O2. The van der Waals surface area contributed by atoms with Gasteiger partial charge in [0.1, 0.15) is 11.5 Å². The van der Waals surface area contributed by atoms with Crippen LogP contribution >= 0.6 is 0 Å². The van der Waals surface area contributed by atoms with E-state index in [1.54, 1.807) is 19.1 Å². The number of hydrogen-bond donors (Lipinski definition) is 0. The number of ether oxygens (including phenoxy) is 2. The molecular weight excluding hydrogens is 374 g/mol. The largest absolute Gasteiger partial charge is 0.427 e. The molecule has 0 saturated carbocycles. The van der Waals surface area contributed by atoms with Crippen LogP contribution in [-0.2, 0) is 0 Å². The van der Waals surface area contributed by atoms with Crippen molar-refractivity contribution in [3.05, 3.63) is 83.8 Å². The molecule has 0 aliphatic carbocycles. The topological polar surface area (TPSA) is 18.5 Å². The fourth-order valence-electron chi connectivity index (χ4n) is 2.16. The molecule has 142 valence electrons. The maximum absolute atomic E-state index is 13.1. The van der Waals surface area contributed by atoms with Gasteiger partial charge in [0.05, 0.1) is 0 Å². The molecule has 2 rings (SSSR count). The van der Waals surface area contributed by atoms with E-state index in [1.807, 2.05) is 0 Å². The van der Waals surface area contributed by atoms with Crippen molar-refractivity contribution in [2.75, 3.05) is 0 Å². The smallest absolute Gasteiger partial charge is 0.344 e. The second kappa shape index (κ2) is 8.98. The molecule has 2 aromatic rings. The van der Waals surface area contributed by atoms with Gasteiger partial charge in [0, 0.05) is 11.1 Å². The summed E-state index contributed by atoms with van der Waals surface area (Å²) in [5.41, 5.74) is 0.893. The van der Waals surface area contributed by atoms with Crippen molar-refractivity contribution in [1.29, 1.82) is 0 Å². The van der Waals surface area contributed by atoms with Crippen LogP contribution in [0.4, 0.5) is 26.3 Å². The van der Waals surface area contributed by atoms with Crippen molar-refractivity contribution < 1.29 is 35.8 Å². The van der Waals surface area contributed by atoms with E-state index in [9.17, 15) is 26.3 Å². The Hall–Kier alpha value is -3.16. The zero-order valence-electron chi connectivity index (χ0n) is 13.8. The van der Waals surface area contributed by atoms with Gasteiger partial charge in [0.2, 0.25) is 0 Å². The third-order valence-corrected chi connectivity index (χ3v) is 3.30. The standard InChI is InChI=1S/C19H12F6O2/c1-11(13-7-3-5-9-15(13)27-19(25)17(22)23)10-12-6-2-4-8-14(12)26-18(24)16(20)21/h2-10H,1H3/b11-10+. The first-order valence-electron chi connectivity index (χ1n) is 7.43. The van der Waals surface area contributed by atoms with E-state index in [0.717, 1.165) is 0 Å². The Balaban J connectivity index is 2.43. The Morgan fingerprint density at radius 3 is 1.78 bits per heavy atom. The fraction of sp³-hybridized carbons (Fsp3) is 0.0526. The number of para-hydroxylation sites is 2. The van der Waals surface area contributed by atoms with Crippen molar-refractivity contribution in [2.45, 2.75) is 6.92 Å². The second-order valence-corrected chi connectivity index (χ2v) is 5.13. The number of benzene rings is 2. The molecule has 0 radical (unpaired) electrons. The Bertz CT molecular complexity index is 910. The first-order chi connectivity index (χ1) is 12.8. The Labute approximate surface area is 150 Å². The van der Waals surface area contributed by atoms with E-state index < -0.39 is 24.2 Å². The zero-order valence-corrected chi connectivity index (χ0v) is 13.8. The zero-order chi connectivity index (χ0) is 20.0. The Kier molecular flexibility index (Phi) is 6.70. The normalized spacial score (nSPS) is 11.0. The maximum Gasteiger partial charge on any atom is 0.344 e. The molecule has 2 nitrogen and oxygen atoms in total. The Morgan fingerprint density at radius 1 is 0.704 bits per heavy atom. The molecule has 0 spiro atoms. The Morgan fingerprint density at radius 2 is 1.19 bits per heavy atom. The predicted molar refractivity (Wildman–Crippen MR) is 88.4 cm³/mol. The highest BCUT2D eigenvalue weighted by atomic mass is 19.3. The molecule has 0 N–H and O–H groups in total. The molecule has 0 unspecified atom stereocenters. The van der Waals surface area contributed by atoms with Gasteiger partial charge in [-0.15, -0.1) is 0 Å². The minimum absolute atomic E-state index is 0.184. The van der Waals surface area contributed by atoms with Crippen LogP contribution in [0, 0.1) is 0 Å². The first-order valence-corrected chi connectivity index (χ1v) is 7.43. The van der Waals surface area contributed by atoms with Gasteiger partial charge >= 0.3 is 24.2 Å². The molecule has 0 heterocycles. The van der Waals surface area contributed by atoms with E-state index in [0.29, 0.717) is 5.57 Å². The van der Waals surface area contributed by atoms with Crippen LogP contribution in [0.5, 0.6) is 11.5 Å². The van der Waals surface area contributed by atoms with Gasteiger partial charge in [-0.1, -0.05) is 36.4 Å². The van der Waals surface area contributed by atoms with Crippen LogP contribution in [-0.4, -0.2) is 0 Å². The van der Waals surface area contributed by atoms with Gasteiger partial charge in [0.15, 0.2) is 0 Å². The highest BCUT2D eigenvalue weighted by Gasteiger charge is 2.14. The fourth-order valence-corrected chi connectivity index (χ4v) is 2.16. The summed E-state index contributed by atoms with van der Waals surface area (Å²) < 4.78 is 84.3. The quantitative estimate of drug-likeness (QED) is 0.300. The third-order valence-electron chi connectivity index (χ3n) is 3.30. The molecule has 0 fully saturated rings. The van der Waals surface area contributed by atoms with Gasteiger partial charge in [-0.3, -0.25) is 0 Å². The summed E-state index contributed by atoms with van der Waals surface area (Å²) in [5, 5.41) is 0. The van der Waals surface area contributed by atoms with Crippen LogP contribution in [0.2, 0.25) is 0 Å². The molecule has 2 aromatic carbocycles. The minimum Gasteiger partial charge on any atom is -0.427 e. The summed E-state index contributed by atoms with van der Waals surface area (Å²) in [6.45, 7) is 1.55.